The van der Waals surface area contributed by atoms with Crippen molar-refractivity contribution in [1.82, 2.24) is 35.5 Å². The van der Waals surface area contributed by atoms with Crippen LogP contribution < -0.4 is 16.2 Å². The lowest BCUT2D eigenvalue weighted by Gasteiger charge is -2.30. The Morgan fingerprint density at radius 2 is 1.68 bits per heavy atom. The van der Waals surface area contributed by atoms with Crippen molar-refractivity contribution in [2.75, 3.05) is 20.2 Å². The van der Waals surface area contributed by atoms with Crippen molar-refractivity contribution in [3.63, 3.8) is 0 Å². The first kappa shape index (κ1) is 30.6. The van der Waals surface area contributed by atoms with Gasteiger partial charge in [0.15, 0.2) is 0 Å². The number of alkyl carbamates (subject to hydrolysis) is 1. The van der Waals surface area contributed by atoms with E-state index in [0.29, 0.717) is 23.3 Å². The standard InChI is InChI=1S/C36H39N7O4/c1-20(2)31(41-36(46)47-3)35(45)43-15-5-7-30(43)33-38-19-29(40-33)25-11-10-21-16-22(8-9-23(21)17-25)24-12-13-26-28(18-24)39-32(42-34(26)44)27-6-4-14-37-27/h8-13,16-20,27,30-31,37H,4-7,14-15H2,1-3H3,(H,38,40)(H,41,46)(H,39,42,44)/t27-,30-,31-/m0/s1. The second kappa shape index (κ2) is 12.6. The normalized spacial score (nSPS) is 18.7. The molecule has 11 heteroatoms. The van der Waals surface area contributed by atoms with Crippen LogP contribution in [0.15, 0.2) is 65.6 Å². The Morgan fingerprint density at radius 3 is 2.43 bits per heavy atom. The number of likely N-dealkylation sites (tertiary alicyclic amines) is 1. The first-order valence-corrected chi connectivity index (χ1v) is 16.3. The second-order valence-corrected chi connectivity index (χ2v) is 12.8. The van der Waals surface area contributed by atoms with Crippen LogP contribution in [0.3, 0.4) is 0 Å². The van der Waals surface area contributed by atoms with E-state index in [-0.39, 0.29) is 29.5 Å². The first-order chi connectivity index (χ1) is 22.8. The van der Waals surface area contributed by atoms with Crippen molar-refractivity contribution in [2.24, 2.45) is 5.92 Å². The summed E-state index contributed by atoms with van der Waals surface area (Å²) in [6.07, 6.45) is 4.89. The summed E-state index contributed by atoms with van der Waals surface area (Å²) in [5.41, 5.74) is 4.50. The minimum atomic E-state index is -0.678. The number of amides is 2. The summed E-state index contributed by atoms with van der Waals surface area (Å²) in [5, 5.41) is 8.87. The zero-order valence-electron chi connectivity index (χ0n) is 26.8. The number of rotatable bonds is 7. The third-order valence-electron chi connectivity index (χ3n) is 9.44. The molecule has 4 heterocycles. The van der Waals surface area contributed by atoms with Gasteiger partial charge in [-0.25, -0.2) is 14.8 Å². The highest BCUT2D eigenvalue weighted by molar-refractivity contribution is 5.92. The molecule has 2 saturated heterocycles. The molecule has 3 aromatic carbocycles. The third kappa shape index (κ3) is 5.98. The van der Waals surface area contributed by atoms with Gasteiger partial charge in [0.05, 0.1) is 42.0 Å². The minimum absolute atomic E-state index is 0.0868. The van der Waals surface area contributed by atoms with Crippen molar-refractivity contribution < 1.29 is 14.3 Å². The van der Waals surface area contributed by atoms with Crippen LogP contribution in [0.4, 0.5) is 4.79 Å². The molecule has 2 amide bonds. The molecule has 0 bridgehead atoms. The molecule has 4 N–H and O–H groups in total. The van der Waals surface area contributed by atoms with Crippen LogP contribution in [0.2, 0.25) is 0 Å². The van der Waals surface area contributed by atoms with E-state index in [0.717, 1.165) is 71.2 Å². The lowest BCUT2D eigenvalue weighted by atomic mass is 9.98. The zero-order chi connectivity index (χ0) is 32.7. The van der Waals surface area contributed by atoms with Crippen LogP contribution in [0.25, 0.3) is 44.1 Å². The number of nitrogens with one attached hydrogen (secondary N) is 4. The van der Waals surface area contributed by atoms with Crippen LogP contribution >= 0.6 is 0 Å². The Balaban J connectivity index is 1.12. The molecule has 0 saturated carbocycles. The number of carbonyl (C=O) groups is 2. The van der Waals surface area contributed by atoms with Crippen LogP contribution in [0.1, 0.15) is 63.3 Å². The van der Waals surface area contributed by atoms with Crippen molar-refractivity contribution in [2.45, 2.75) is 57.7 Å². The third-order valence-corrected chi connectivity index (χ3v) is 9.44. The SMILES string of the molecule is COC(=O)N[C@H](C(=O)N1CCC[C@H]1c1ncc(-c2ccc3cc(-c4ccc5c(=O)[nH]c([C@@H]6CCCN6)nc5c4)ccc3c2)[nH]1)C(C)C. The number of methoxy groups -OCH3 is 1. The molecule has 0 spiro atoms. The van der Waals surface area contributed by atoms with Gasteiger partial charge in [-0.15, -0.1) is 0 Å². The number of nitrogens with zero attached hydrogens (tertiary/aromatic N) is 3. The van der Waals surface area contributed by atoms with Crippen molar-refractivity contribution in [3.05, 3.63) is 82.8 Å². The molecule has 2 aliphatic heterocycles. The second-order valence-electron chi connectivity index (χ2n) is 12.8. The van der Waals surface area contributed by atoms with Gasteiger partial charge >= 0.3 is 6.09 Å². The van der Waals surface area contributed by atoms with Gasteiger partial charge in [0, 0.05) is 12.1 Å². The Kier molecular flexibility index (Phi) is 8.23. The molecule has 2 fully saturated rings. The lowest BCUT2D eigenvalue weighted by molar-refractivity contribution is -0.135. The molecule has 2 aromatic heterocycles. The van der Waals surface area contributed by atoms with Gasteiger partial charge in [-0.05, 0) is 84.3 Å². The number of H-pyrrole nitrogens is 2. The fourth-order valence-corrected chi connectivity index (χ4v) is 6.86. The Hall–Kier alpha value is -5.03. The van der Waals surface area contributed by atoms with E-state index in [1.807, 2.05) is 43.1 Å². The van der Waals surface area contributed by atoms with Gasteiger partial charge < -0.3 is 30.2 Å². The number of carbonyl (C=O) groups excluding carboxylic acids is 2. The Morgan fingerprint density at radius 1 is 0.936 bits per heavy atom. The van der Waals surface area contributed by atoms with Gasteiger partial charge in [-0.2, -0.15) is 0 Å². The number of hydrogen-bond donors (Lipinski definition) is 4. The Labute approximate surface area is 272 Å². The molecular weight excluding hydrogens is 594 g/mol. The van der Waals surface area contributed by atoms with E-state index in [2.05, 4.69) is 62.0 Å². The number of fused-ring (bicyclic) bond motifs is 2. The van der Waals surface area contributed by atoms with E-state index in [1.165, 1.54) is 7.11 Å². The number of hydrogen-bond acceptors (Lipinski definition) is 7. The molecule has 5 aromatic rings. The maximum atomic E-state index is 13.5. The highest BCUT2D eigenvalue weighted by atomic mass is 16.5. The maximum Gasteiger partial charge on any atom is 0.407 e. The number of benzene rings is 3. The molecule has 0 aliphatic carbocycles. The number of aromatic amines is 2. The van der Waals surface area contributed by atoms with Gasteiger partial charge in [0.1, 0.15) is 17.7 Å². The van der Waals surface area contributed by atoms with E-state index in [4.69, 9.17) is 9.72 Å². The van der Waals surface area contributed by atoms with E-state index >= 15 is 0 Å². The maximum absolute atomic E-state index is 13.5. The summed E-state index contributed by atoms with van der Waals surface area (Å²) in [7, 11) is 1.29. The van der Waals surface area contributed by atoms with Crippen LogP contribution in [0.5, 0.6) is 0 Å². The largest absolute Gasteiger partial charge is 0.453 e. The quantitative estimate of drug-likeness (QED) is 0.183. The summed E-state index contributed by atoms with van der Waals surface area (Å²) >= 11 is 0. The van der Waals surface area contributed by atoms with Gasteiger partial charge in [0.25, 0.3) is 5.56 Å². The average molecular weight is 634 g/mol. The molecule has 7 rings (SSSR count). The molecule has 0 unspecified atom stereocenters. The minimum Gasteiger partial charge on any atom is -0.453 e. The van der Waals surface area contributed by atoms with Gasteiger partial charge in [0.2, 0.25) is 5.91 Å². The number of ether oxygens (including phenoxy) is 1. The predicted molar refractivity (Wildman–Crippen MR) is 181 cm³/mol. The molecule has 0 radical (unpaired) electrons. The van der Waals surface area contributed by atoms with Crippen LogP contribution in [-0.2, 0) is 9.53 Å². The molecular formula is C36H39N7O4. The fraction of sp³-hybridized carbons (Fsp3) is 0.361. The van der Waals surface area contributed by atoms with E-state index < -0.39 is 12.1 Å². The van der Waals surface area contributed by atoms with Gasteiger partial charge in [-0.1, -0.05) is 44.2 Å². The number of imidazole rings is 1. The fourth-order valence-electron chi connectivity index (χ4n) is 6.86. The lowest BCUT2D eigenvalue weighted by Crippen LogP contribution is -2.51. The summed E-state index contributed by atoms with van der Waals surface area (Å²) in [6, 6.07) is 17.7. The highest BCUT2D eigenvalue weighted by Gasteiger charge is 2.37. The smallest absolute Gasteiger partial charge is 0.407 e. The topological polar surface area (TPSA) is 145 Å². The van der Waals surface area contributed by atoms with E-state index in [1.54, 1.807) is 0 Å². The monoisotopic (exact) mass is 633 g/mol. The highest BCUT2D eigenvalue weighted by Crippen LogP contribution is 2.34. The zero-order valence-corrected chi connectivity index (χ0v) is 26.8. The Bertz CT molecular complexity index is 2030. The van der Waals surface area contributed by atoms with Gasteiger partial charge in [-0.3, -0.25) is 9.59 Å². The van der Waals surface area contributed by atoms with Crippen LogP contribution in [0, 0.1) is 5.92 Å². The van der Waals surface area contributed by atoms with Crippen molar-refractivity contribution in [3.8, 4) is 22.4 Å². The van der Waals surface area contributed by atoms with Crippen molar-refractivity contribution in [1.29, 1.82) is 0 Å². The molecule has 242 valence electrons. The summed E-state index contributed by atoms with van der Waals surface area (Å²) in [6.45, 7) is 5.35. The van der Waals surface area contributed by atoms with E-state index in [9.17, 15) is 14.4 Å². The first-order valence-electron chi connectivity index (χ1n) is 16.3. The number of aromatic nitrogens is 4. The summed E-state index contributed by atoms with van der Waals surface area (Å²) < 4.78 is 4.75. The molecule has 11 nitrogen and oxygen atoms in total. The van der Waals surface area contributed by atoms with Crippen molar-refractivity contribution >= 4 is 33.7 Å². The molecule has 2 aliphatic rings. The summed E-state index contributed by atoms with van der Waals surface area (Å²) in [4.78, 5) is 56.0. The molecule has 47 heavy (non-hydrogen) atoms. The molecule has 3 atom stereocenters. The average Bonchev–Trinajstić information content (AvgIpc) is 3.88. The summed E-state index contributed by atoms with van der Waals surface area (Å²) in [5.74, 6) is 1.21. The van der Waals surface area contributed by atoms with Crippen LogP contribution in [-0.4, -0.2) is 63.1 Å². The predicted octanol–water partition coefficient (Wildman–Crippen LogP) is 5.60.